The second kappa shape index (κ2) is 6.91. The molecule has 1 aliphatic carbocycles. The molecule has 2 heteroatoms. The molecule has 0 amide bonds. The molecule has 2 rings (SSSR count). The van der Waals surface area contributed by atoms with Crippen molar-refractivity contribution in [3.8, 4) is 0 Å². The average Bonchev–Trinajstić information content (AvgIpc) is 2.79. The highest BCUT2D eigenvalue weighted by atomic mass is 14.9. The number of hydrogen-bond donors (Lipinski definition) is 1. The fourth-order valence-electron chi connectivity index (χ4n) is 4.05. The lowest BCUT2D eigenvalue weighted by Gasteiger charge is -2.30. The van der Waals surface area contributed by atoms with E-state index in [1.54, 1.807) is 0 Å². The molecule has 21 heavy (non-hydrogen) atoms. The number of rotatable bonds is 6. The summed E-state index contributed by atoms with van der Waals surface area (Å²) in [7, 11) is 0. The maximum Gasteiger partial charge on any atom is 0.0482 e. The molecule has 0 aliphatic heterocycles. The quantitative estimate of drug-likeness (QED) is 0.830. The molecule has 3 unspecified atom stereocenters. The lowest BCUT2D eigenvalue weighted by atomic mass is 9.80. The van der Waals surface area contributed by atoms with Gasteiger partial charge in [0, 0.05) is 23.9 Å². The molecule has 0 radical (unpaired) electrons. The van der Waals surface area contributed by atoms with Gasteiger partial charge >= 0.3 is 0 Å². The smallest absolute Gasteiger partial charge is 0.0482 e. The van der Waals surface area contributed by atoms with Crippen molar-refractivity contribution < 1.29 is 0 Å². The Morgan fingerprint density at radius 1 is 1.38 bits per heavy atom. The zero-order valence-corrected chi connectivity index (χ0v) is 14.4. The number of aryl methyl sites for hydroxylation is 1. The fourth-order valence-corrected chi connectivity index (χ4v) is 4.05. The van der Waals surface area contributed by atoms with Crippen molar-refractivity contribution in [1.82, 2.24) is 10.3 Å². The first kappa shape index (κ1) is 16.5. The van der Waals surface area contributed by atoms with Gasteiger partial charge in [0.15, 0.2) is 0 Å². The van der Waals surface area contributed by atoms with Crippen molar-refractivity contribution in [3.63, 3.8) is 0 Å². The number of pyridine rings is 1. The summed E-state index contributed by atoms with van der Waals surface area (Å²) in [6, 6.07) is 4.90. The number of likely N-dealkylation sites (N-methyl/N-ethyl adjacent to an activating group) is 1. The Bertz CT molecular complexity index is 447. The lowest BCUT2D eigenvalue weighted by Crippen LogP contribution is -2.36. The summed E-state index contributed by atoms with van der Waals surface area (Å²) in [4.78, 5) is 4.69. The topological polar surface area (TPSA) is 24.9 Å². The summed E-state index contributed by atoms with van der Waals surface area (Å²) in [6.07, 6.45) is 6.96. The Balaban J connectivity index is 2.06. The molecular formula is C19H32N2. The minimum Gasteiger partial charge on any atom is -0.314 e. The van der Waals surface area contributed by atoms with E-state index < -0.39 is 0 Å². The number of nitrogens with one attached hydrogen (secondary N) is 1. The predicted molar refractivity (Wildman–Crippen MR) is 90.6 cm³/mol. The van der Waals surface area contributed by atoms with Crippen molar-refractivity contribution in [2.75, 3.05) is 6.54 Å². The molecule has 1 aliphatic rings. The summed E-state index contributed by atoms with van der Waals surface area (Å²) in [5, 5.41) is 3.74. The van der Waals surface area contributed by atoms with Crippen molar-refractivity contribution in [1.29, 1.82) is 0 Å². The summed E-state index contributed by atoms with van der Waals surface area (Å²) in [5.74, 6) is 1.35. The van der Waals surface area contributed by atoms with Gasteiger partial charge in [0.1, 0.15) is 0 Å². The summed E-state index contributed by atoms with van der Waals surface area (Å²) < 4.78 is 0. The summed E-state index contributed by atoms with van der Waals surface area (Å²) >= 11 is 0. The zero-order chi connectivity index (χ0) is 15.5. The van der Waals surface area contributed by atoms with Gasteiger partial charge in [0.2, 0.25) is 0 Å². The van der Waals surface area contributed by atoms with Crippen LogP contribution in [0.1, 0.15) is 71.1 Å². The van der Waals surface area contributed by atoms with Crippen LogP contribution in [0, 0.1) is 11.3 Å². The van der Waals surface area contributed by atoms with Crippen LogP contribution in [0.4, 0.5) is 0 Å². The van der Waals surface area contributed by atoms with E-state index in [0.717, 1.165) is 12.5 Å². The second-order valence-electron chi connectivity index (χ2n) is 7.96. The van der Waals surface area contributed by atoms with Gasteiger partial charge < -0.3 is 5.32 Å². The number of aromatic nitrogens is 1. The minimum absolute atomic E-state index is 0.419. The highest BCUT2D eigenvalue weighted by molar-refractivity contribution is 5.30. The van der Waals surface area contributed by atoms with E-state index in [1.807, 2.05) is 6.20 Å². The van der Waals surface area contributed by atoms with E-state index in [0.29, 0.717) is 17.4 Å². The van der Waals surface area contributed by atoms with Gasteiger partial charge in [0.25, 0.3) is 0 Å². The molecule has 0 fully saturated rings. The molecule has 3 atom stereocenters. The van der Waals surface area contributed by atoms with Crippen molar-refractivity contribution in [2.45, 2.75) is 72.3 Å². The van der Waals surface area contributed by atoms with Gasteiger partial charge in [-0.2, -0.15) is 0 Å². The molecule has 0 bridgehead atoms. The Kier molecular flexibility index (Phi) is 5.43. The lowest BCUT2D eigenvalue weighted by molar-refractivity contribution is 0.262. The molecule has 118 valence electrons. The summed E-state index contributed by atoms with van der Waals surface area (Å²) in [5.41, 5.74) is 3.24. The molecule has 0 spiro atoms. The van der Waals surface area contributed by atoms with E-state index in [1.165, 1.54) is 36.9 Å². The van der Waals surface area contributed by atoms with Gasteiger partial charge in [-0.15, -0.1) is 0 Å². The monoisotopic (exact) mass is 288 g/mol. The van der Waals surface area contributed by atoms with Crippen LogP contribution in [0.2, 0.25) is 0 Å². The SMILES string of the molecule is CCNC(CC(C)CC(C)(C)C)C1CCc2cccnc21. The number of hydrogen-bond acceptors (Lipinski definition) is 2. The Hall–Kier alpha value is -0.890. The van der Waals surface area contributed by atoms with E-state index in [2.05, 4.69) is 57.1 Å². The molecule has 1 aromatic rings. The molecule has 0 saturated heterocycles. The highest BCUT2D eigenvalue weighted by Gasteiger charge is 2.31. The van der Waals surface area contributed by atoms with E-state index >= 15 is 0 Å². The van der Waals surface area contributed by atoms with E-state index in [9.17, 15) is 0 Å². The fraction of sp³-hybridized carbons (Fsp3) is 0.737. The molecule has 0 saturated carbocycles. The normalized spacial score (nSPS) is 21.1. The zero-order valence-electron chi connectivity index (χ0n) is 14.4. The maximum absolute atomic E-state index is 4.69. The van der Waals surface area contributed by atoms with Gasteiger partial charge in [-0.1, -0.05) is 40.7 Å². The van der Waals surface area contributed by atoms with Crippen LogP contribution in [0.5, 0.6) is 0 Å². The molecule has 1 aromatic heterocycles. The first-order valence-corrected chi connectivity index (χ1v) is 8.58. The second-order valence-corrected chi connectivity index (χ2v) is 7.96. The predicted octanol–water partition coefficient (Wildman–Crippen LogP) is 4.55. The van der Waals surface area contributed by atoms with Crippen LogP contribution in [-0.2, 0) is 6.42 Å². The van der Waals surface area contributed by atoms with E-state index in [4.69, 9.17) is 0 Å². The first-order valence-electron chi connectivity index (χ1n) is 8.58. The van der Waals surface area contributed by atoms with Crippen LogP contribution in [-0.4, -0.2) is 17.6 Å². The number of nitrogens with zero attached hydrogens (tertiary/aromatic N) is 1. The van der Waals surface area contributed by atoms with Crippen LogP contribution < -0.4 is 5.32 Å². The van der Waals surface area contributed by atoms with Crippen LogP contribution >= 0.6 is 0 Å². The molecule has 1 N–H and O–H groups in total. The summed E-state index contributed by atoms with van der Waals surface area (Å²) in [6.45, 7) is 12.7. The maximum atomic E-state index is 4.69. The third-order valence-corrected chi connectivity index (χ3v) is 4.57. The van der Waals surface area contributed by atoms with Crippen LogP contribution in [0.3, 0.4) is 0 Å². The Morgan fingerprint density at radius 2 is 2.14 bits per heavy atom. The van der Waals surface area contributed by atoms with Crippen LogP contribution in [0.15, 0.2) is 18.3 Å². The Labute approximate surface area is 130 Å². The minimum atomic E-state index is 0.419. The molecule has 0 aromatic carbocycles. The van der Waals surface area contributed by atoms with Crippen LogP contribution in [0.25, 0.3) is 0 Å². The first-order chi connectivity index (χ1) is 9.90. The number of fused-ring (bicyclic) bond motifs is 1. The third-order valence-electron chi connectivity index (χ3n) is 4.57. The molecule has 1 heterocycles. The Morgan fingerprint density at radius 3 is 2.81 bits per heavy atom. The van der Waals surface area contributed by atoms with Crippen molar-refractivity contribution >= 4 is 0 Å². The highest BCUT2D eigenvalue weighted by Crippen LogP contribution is 2.37. The van der Waals surface area contributed by atoms with E-state index in [-0.39, 0.29) is 0 Å². The molecular weight excluding hydrogens is 256 g/mol. The molecule has 2 nitrogen and oxygen atoms in total. The van der Waals surface area contributed by atoms with Gasteiger partial charge in [0.05, 0.1) is 0 Å². The van der Waals surface area contributed by atoms with Crippen molar-refractivity contribution in [3.05, 3.63) is 29.6 Å². The van der Waals surface area contributed by atoms with Crippen molar-refractivity contribution in [2.24, 2.45) is 11.3 Å². The third kappa shape index (κ3) is 4.54. The van der Waals surface area contributed by atoms with Gasteiger partial charge in [-0.25, -0.2) is 0 Å². The van der Waals surface area contributed by atoms with Gasteiger partial charge in [-0.3, -0.25) is 4.98 Å². The largest absolute Gasteiger partial charge is 0.314 e. The standard InChI is InChI=1S/C19H32N2/c1-6-20-17(12-14(2)13-19(3,4)5)16-10-9-15-8-7-11-21-18(15)16/h7-8,11,14,16-17,20H,6,9-10,12-13H2,1-5H3. The average molecular weight is 288 g/mol. The van der Waals surface area contributed by atoms with Gasteiger partial charge in [-0.05, 0) is 55.2 Å².